The van der Waals surface area contributed by atoms with Gasteiger partial charge in [0.2, 0.25) is 0 Å². The maximum Gasteiger partial charge on any atom is 0.369 e. The van der Waals surface area contributed by atoms with Crippen molar-refractivity contribution in [3.05, 3.63) is 47.4 Å². The molecule has 0 N–H and O–H groups in total. The Hall–Kier alpha value is -2.17. The van der Waals surface area contributed by atoms with Crippen molar-refractivity contribution in [1.82, 2.24) is 4.90 Å². The topological polar surface area (TPSA) is 41.9 Å². The average Bonchev–Trinajstić information content (AvgIpc) is 2.78. The molecule has 0 atom stereocenters. The quantitative estimate of drug-likeness (QED) is 0.617. The van der Waals surface area contributed by atoms with Crippen LogP contribution >= 0.6 is 0 Å². The van der Waals surface area contributed by atoms with Gasteiger partial charge in [-0.25, -0.2) is 9.18 Å². The van der Waals surface area contributed by atoms with Gasteiger partial charge in [0, 0.05) is 24.9 Å². The standard InChI is InChI=1S/C14H15FN2O2/c1-3-17(4-2)9-11-13(16-19-14(11)18)10-7-5-6-8-12(10)15/h5-9H,3-4H2,1-2H3. The van der Waals surface area contributed by atoms with Crippen LogP contribution < -0.4 is 0 Å². The van der Waals surface area contributed by atoms with Crippen LogP contribution in [0.5, 0.6) is 0 Å². The van der Waals surface area contributed by atoms with E-state index in [1.165, 1.54) is 6.07 Å². The lowest BCUT2D eigenvalue weighted by Crippen LogP contribution is -2.20. The molecule has 0 unspecified atom stereocenters. The lowest BCUT2D eigenvalue weighted by atomic mass is 10.0. The van der Waals surface area contributed by atoms with E-state index in [1.807, 2.05) is 18.7 Å². The van der Waals surface area contributed by atoms with Gasteiger partial charge in [0.1, 0.15) is 17.1 Å². The normalized spacial score (nSPS) is 16.5. The van der Waals surface area contributed by atoms with E-state index in [4.69, 9.17) is 0 Å². The SMILES string of the molecule is CCN(C=C1C(=O)ON=C1c1ccccc1F)CC. The first kappa shape index (κ1) is 13.3. The lowest BCUT2D eigenvalue weighted by molar-refractivity contribution is -0.136. The average molecular weight is 262 g/mol. The van der Waals surface area contributed by atoms with Crippen LogP contribution in [0.1, 0.15) is 19.4 Å². The highest BCUT2D eigenvalue weighted by Crippen LogP contribution is 2.20. The summed E-state index contributed by atoms with van der Waals surface area (Å²) in [7, 11) is 0. The third-order valence-corrected chi connectivity index (χ3v) is 2.95. The second kappa shape index (κ2) is 5.65. The molecule has 0 radical (unpaired) electrons. The molecule has 100 valence electrons. The number of benzene rings is 1. The van der Waals surface area contributed by atoms with E-state index in [2.05, 4.69) is 9.99 Å². The lowest BCUT2D eigenvalue weighted by Gasteiger charge is -2.15. The molecule has 1 aromatic rings. The minimum atomic E-state index is -0.551. The second-order valence-electron chi connectivity index (χ2n) is 4.06. The molecule has 1 aliphatic heterocycles. The van der Waals surface area contributed by atoms with Crippen LogP contribution in [-0.4, -0.2) is 29.7 Å². The molecule has 1 aromatic carbocycles. The Morgan fingerprint density at radius 1 is 1.32 bits per heavy atom. The number of oxime groups is 1. The predicted molar refractivity (Wildman–Crippen MR) is 70.0 cm³/mol. The first-order valence-corrected chi connectivity index (χ1v) is 6.17. The summed E-state index contributed by atoms with van der Waals surface area (Å²) in [5.74, 6) is -0.977. The number of carbonyl (C=O) groups excluding carboxylic acids is 1. The first-order valence-electron chi connectivity index (χ1n) is 6.17. The fraction of sp³-hybridized carbons (Fsp3) is 0.286. The van der Waals surface area contributed by atoms with Gasteiger partial charge in [-0.3, -0.25) is 0 Å². The van der Waals surface area contributed by atoms with Crippen molar-refractivity contribution in [2.45, 2.75) is 13.8 Å². The van der Waals surface area contributed by atoms with E-state index in [0.717, 1.165) is 13.1 Å². The molecule has 19 heavy (non-hydrogen) atoms. The predicted octanol–water partition coefficient (Wildman–Crippen LogP) is 2.31. The Bertz CT molecular complexity index is 548. The first-order chi connectivity index (χ1) is 9.17. The van der Waals surface area contributed by atoms with Gasteiger partial charge in [-0.2, -0.15) is 0 Å². The zero-order chi connectivity index (χ0) is 13.8. The molecular weight excluding hydrogens is 247 g/mol. The number of hydrogen-bond donors (Lipinski definition) is 0. The summed E-state index contributed by atoms with van der Waals surface area (Å²) in [5, 5.41) is 3.68. The van der Waals surface area contributed by atoms with Crippen molar-refractivity contribution in [3.63, 3.8) is 0 Å². The van der Waals surface area contributed by atoms with Crippen LogP contribution in [0.4, 0.5) is 4.39 Å². The van der Waals surface area contributed by atoms with Crippen LogP contribution in [0.2, 0.25) is 0 Å². The number of hydrogen-bond acceptors (Lipinski definition) is 4. The molecule has 0 aliphatic carbocycles. The Morgan fingerprint density at radius 2 is 2.00 bits per heavy atom. The molecule has 1 aliphatic rings. The van der Waals surface area contributed by atoms with Crippen molar-refractivity contribution in [3.8, 4) is 0 Å². The molecule has 5 heteroatoms. The summed E-state index contributed by atoms with van der Waals surface area (Å²) < 4.78 is 13.8. The van der Waals surface area contributed by atoms with Gasteiger partial charge >= 0.3 is 5.97 Å². The van der Waals surface area contributed by atoms with Crippen LogP contribution in [0.3, 0.4) is 0 Å². The summed E-state index contributed by atoms with van der Waals surface area (Å²) in [5.41, 5.74) is 0.801. The molecule has 0 fully saturated rings. The van der Waals surface area contributed by atoms with Gasteiger partial charge in [-0.15, -0.1) is 0 Å². The third-order valence-electron chi connectivity index (χ3n) is 2.95. The van der Waals surface area contributed by atoms with Crippen LogP contribution in [0.25, 0.3) is 0 Å². The molecule has 2 rings (SSSR count). The zero-order valence-electron chi connectivity index (χ0n) is 10.9. The highest BCUT2D eigenvalue weighted by Gasteiger charge is 2.29. The number of nitrogens with zero attached hydrogens (tertiary/aromatic N) is 2. The van der Waals surface area contributed by atoms with E-state index in [1.54, 1.807) is 24.4 Å². The Kier molecular flexibility index (Phi) is 3.94. The van der Waals surface area contributed by atoms with Gasteiger partial charge in [0.15, 0.2) is 0 Å². The molecule has 0 amide bonds. The molecule has 0 saturated heterocycles. The summed E-state index contributed by atoms with van der Waals surface area (Å²) >= 11 is 0. The van der Waals surface area contributed by atoms with Crippen LogP contribution in [-0.2, 0) is 9.63 Å². The Balaban J connectivity index is 2.40. The maximum absolute atomic E-state index is 13.8. The zero-order valence-corrected chi connectivity index (χ0v) is 10.9. The summed E-state index contributed by atoms with van der Waals surface area (Å²) in [6, 6.07) is 6.19. The van der Waals surface area contributed by atoms with Crippen LogP contribution in [0.15, 0.2) is 41.2 Å². The molecule has 0 bridgehead atoms. The Labute approximate surface area is 111 Å². The summed E-state index contributed by atoms with van der Waals surface area (Å²) in [6.07, 6.45) is 1.67. The van der Waals surface area contributed by atoms with Gasteiger partial charge < -0.3 is 9.74 Å². The van der Waals surface area contributed by atoms with E-state index in [-0.39, 0.29) is 16.8 Å². The highest BCUT2D eigenvalue weighted by atomic mass is 19.1. The fourth-order valence-corrected chi connectivity index (χ4v) is 1.83. The van der Waals surface area contributed by atoms with Crippen molar-refractivity contribution in [2.75, 3.05) is 13.1 Å². The number of halogens is 1. The van der Waals surface area contributed by atoms with Crippen molar-refractivity contribution < 1.29 is 14.0 Å². The van der Waals surface area contributed by atoms with Crippen molar-refractivity contribution in [1.29, 1.82) is 0 Å². The molecule has 0 spiro atoms. The third kappa shape index (κ3) is 2.65. The largest absolute Gasteiger partial charge is 0.377 e. The molecular formula is C14H15FN2O2. The number of rotatable bonds is 4. The molecule has 4 nitrogen and oxygen atoms in total. The van der Waals surface area contributed by atoms with Crippen molar-refractivity contribution in [2.24, 2.45) is 5.16 Å². The maximum atomic E-state index is 13.8. The molecule has 1 heterocycles. The molecule has 0 saturated carbocycles. The van der Waals surface area contributed by atoms with Gasteiger partial charge in [0.05, 0.1) is 0 Å². The van der Waals surface area contributed by atoms with Gasteiger partial charge in [0.25, 0.3) is 0 Å². The highest BCUT2D eigenvalue weighted by molar-refractivity contribution is 6.28. The Morgan fingerprint density at radius 3 is 2.63 bits per heavy atom. The fourth-order valence-electron chi connectivity index (χ4n) is 1.83. The van der Waals surface area contributed by atoms with Gasteiger partial charge in [-0.1, -0.05) is 17.3 Å². The van der Waals surface area contributed by atoms with E-state index in [0.29, 0.717) is 0 Å². The molecule has 0 aromatic heterocycles. The van der Waals surface area contributed by atoms with E-state index < -0.39 is 11.8 Å². The monoisotopic (exact) mass is 262 g/mol. The summed E-state index contributed by atoms with van der Waals surface area (Å²) in [6.45, 7) is 5.44. The smallest absolute Gasteiger partial charge is 0.369 e. The van der Waals surface area contributed by atoms with Gasteiger partial charge in [-0.05, 0) is 26.0 Å². The number of carbonyl (C=O) groups is 1. The minimum Gasteiger partial charge on any atom is -0.377 e. The van der Waals surface area contributed by atoms with E-state index >= 15 is 0 Å². The minimum absolute atomic E-state index is 0.245. The second-order valence-corrected chi connectivity index (χ2v) is 4.06. The summed E-state index contributed by atoms with van der Waals surface area (Å²) in [4.78, 5) is 18.3. The van der Waals surface area contributed by atoms with E-state index in [9.17, 15) is 9.18 Å². The van der Waals surface area contributed by atoms with Crippen LogP contribution in [0, 0.1) is 5.82 Å². The van der Waals surface area contributed by atoms with Crippen molar-refractivity contribution >= 4 is 11.7 Å².